The first-order valence-corrected chi connectivity index (χ1v) is 8.54. The Balaban J connectivity index is 1.68. The summed E-state index contributed by atoms with van der Waals surface area (Å²) in [6, 6.07) is 14.3. The fraction of sp³-hybridized carbons (Fsp3) is 0.167. The van der Waals surface area contributed by atoms with Gasteiger partial charge in [0.2, 0.25) is 5.91 Å². The quantitative estimate of drug-likeness (QED) is 0.656. The minimum absolute atomic E-state index is 0.126. The third kappa shape index (κ3) is 4.20. The lowest BCUT2D eigenvalue weighted by atomic mass is 10.1. The van der Waals surface area contributed by atoms with Crippen molar-refractivity contribution in [1.82, 2.24) is 10.3 Å². The second kappa shape index (κ2) is 7.42. The highest BCUT2D eigenvalue weighted by molar-refractivity contribution is 7.22. The normalized spacial score (nSPS) is 11.9. The monoisotopic (exact) mass is 355 g/mol. The molecule has 3 N–H and O–H groups in total. The van der Waals surface area contributed by atoms with Gasteiger partial charge in [0.1, 0.15) is 0 Å². The van der Waals surface area contributed by atoms with Crippen molar-refractivity contribution < 1.29 is 14.7 Å². The highest BCUT2D eigenvalue weighted by Crippen LogP contribution is 2.26. The van der Waals surface area contributed by atoms with Crippen LogP contribution < -0.4 is 10.6 Å². The van der Waals surface area contributed by atoms with Crippen LogP contribution in [0, 0.1) is 0 Å². The number of hydrogen-bond donors (Lipinski definition) is 3. The number of nitrogens with zero attached hydrogens (tertiary/aromatic N) is 1. The summed E-state index contributed by atoms with van der Waals surface area (Å²) in [5.74, 6) is -0.460. The van der Waals surface area contributed by atoms with Crippen LogP contribution >= 0.6 is 11.3 Å². The van der Waals surface area contributed by atoms with E-state index in [1.807, 2.05) is 30.3 Å². The molecule has 1 heterocycles. The maximum Gasteiger partial charge on any atom is 0.251 e. The van der Waals surface area contributed by atoms with Crippen molar-refractivity contribution in [3.8, 4) is 0 Å². The van der Waals surface area contributed by atoms with E-state index in [1.54, 1.807) is 18.2 Å². The van der Waals surface area contributed by atoms with Gasteiger partial charge in [0, 0.05) is 19.0 Å². The number of anilines is 1. The zero-order valence-corrected chi connectivity index (χ0v) is 14.3. The summed E-state index contributed by atoms with van der Waals surface area (Å²) in [7, 11) is 0. The molecule has 3 aromatic rings. The second-order valence-electron chi connectivity index (χ2n) is 5.52. The van der Waals surface area contributed by atoms with E-state index in [-0.39, 0.29) is 18.4 Å². The molecule has 1 aromatic heterocycles. The average molecular weight is 355 g/mol. The van der Waals surface area contributed by atoms with Gasteiger partial charge in [-0.05, 0) is 23.8 Å². The first-order valence-electron chi connectivity index (χ1n) is 7.72. The highest BCUT2D eigenvalue weighted by atomic mass is 32.1. The Morgan fingerprint density at radius 3 is 2.68 bits per heavy atom. The van der Waals surface area contributed by atoms with Gasteiger partial charge in [0.25, 0.3) is 5.91 Å². The van der Waals surface area contributed by atoms with Crippen molar-refractivity contribution in [1.29, 1.82) is 0 Å². The Kier molecular flexibility index (Phi) is 5.06. The van der Waals surface area contributed by atoms with Crippen LogP contribution in [0.4, 0.5) is 5.13 Å². The van der Waals surface area contributed by atoms with Gasteiger partial charge < -0.3 is 15.7 Å². The number of rotatable bonds is 5. The Hall–Kier alpha value is -2.77. The third-order valence-electron chi connectivity index (χ3n) is 3.57. The SMILES string of the molecule is CC(=O)Nc1nc2ccc(C(=O)NCC(O)c3ccccc3)cc2s1. The molecule has 0 bridgehead atoms. The van der Waals surface area contributed by atoms with E-state index < -0.39 is 6.10 Å². The van der Waals surface area contributed by atoms with Gasteiger partial charge in [-0.3, -0.25) is 9.59 Å². The summed E-state index contributed by atoms with van der Waals surface area (Å²) < 4.78 is 0.806. The molecule has 0 aliphatic rings. The lowest BCUT2D eigenvalue weighted by Crippen LogP contribution is -2.28. The van der Waals surface area contributed by atoms with E-state index >= 15 is 0 Å². The number of aliphatic hydroxyl groups excluding tert-OH is 1. The summed E-state index contributed by atoms with van der Waals surface area (Å²) in [5.41, 5.74) is 1.95. The molecule has 1 unspecified atom stereocenters. The van der Waals surface area contributed by atoms with E-state index in [4.69, 9.17) is 0 Å². The van der Waals surface area contributed by atoms with Gasteiger partial charge in [0.15, 0.2) is 5.13 Å². The van der Waals surface area contributed by atoms with E-state index in [1.165, 1.54) is 18.3 Å². The summed E-state index contributed by atoms with van der Waals surface area (Å²) >= 11 is 1.31. The molecule has 0 radical (unpaired) electrons. The predicted molar refractivity (Wildman–Crippen MR) is 97.7 cm³/mol. The molecular formula is C18H17N3O3S. The lowest BCUT2D eigenvalue weighted by Gasteiger charge is -2.12. The number of carbonyl (C=O) groups excluding carboxylic acids is 2. The van der Waals surface area contributed by atoms with Crippen molar-refractivity contribution in [2.24, 2.45) is 0 Å². The molecule has 1 atom stereocenters. The largest absolute Gasteiger partial charge is 0.387 e. The molecule has 3 rings (SSSR count). The molecule has 0 spiro atoms. The standard InChI is InChI=1S/C18H17N3O3S/c1-11(22)20-18-21-14-8-7-13(9-16(14)25-18)17(24)19-10-15(23)12-5-3-2-4-6-12/h2-9,15,23H,10H2,1H3,(H,19,24)(H,20,21,22). The number of amides is 2. The number of hydrogen-bond acceptors (Lipinski definition) is 5. The summed E-state index contributed by atoms with van der Waals surface area (Å²) in [6.07, 6.45) is -0.761. The highest BCUT2D eigenvalue weighted by Gasteiger charge is 2.12. The van der Waals surface area contributed by atoms with Crippen LogP contribution in [0.1, 0.15) is 28.9 Å². The van der Waals surface area contributed by atoms with Crippen LogP contribution in [0.25, 0.3) is 10.2 Å². The summed E-state index contributed by atoms with van der Waals surface area (Å²) in [5, 5.41) is 16.0. The van der Waals surface area contributed by atoms with Crippen molar-refractivity contribution in [2.45, 2.75) is 13.0 Å². The van der Waals surface area contributed by atoms with Crippen molar-refractivity contribution in [3.63, 3.8) is 0 Å². The molecule has 0 saturated carbocycles. The van der Waals surface area contributed by atoms with Crippen LogP contribution in [0.15, 0.2) is 48.5 Å². The Morgan fingerprint density at radius 1 is 1.20 bits per heavy atom. The van der Waals surface area contributed by atoms with Crippen LogP contribution in [0.5, 0.6) is 0 Å². The molecule has 25 heavy (non-hydrogen) atoms. The van der Waals surface area contributed by atoms with Crippen molar-refractivity contribution in [3.05, 3.63) is 59.7 Å². The first kappa shape index (κ1) is 17.1. The minimum atomic E-state index is -0.761. The number of thiazole rings is 1. The van der Waals surface area contributed by atoms with Gasteiger partial charge in [0.05, 0.1) is 16.3 Å². The van der Waals surface area contributed by atoms with Crippen LogP contribution in [0.3, 0.4) is 0 Å². The Labute approximate surface area is 148 Å². The lowest BCUT2D eigenvalue weighted by molar-refractivity contribution is -0.114. The fourth-order valence-electron chi connectivity index (χ4n) is 2.35. The minimum Gasteiger partial charge on any atom is -0.387 e. The first-order chi connectivity index (χ1) is 12.0. The van der Waals surface area contributed by atoms with E-state index in [0.717, 1.165) is 15.8 Å². The zero-order valence-electron chi connectivity index (χ0n) is 13.5. The van der Waals surface area contributed by atoms with Gasteiger partial charge in [-0.15, -0.1) is 0 Å². The van der Waals surface area contributed by atoms with E-state index in [2.05, 4.69) is 15.6 Å². The molecule has 0 saturated heterocycles. The topological polar surface area (TPSA) is 91.3 Å². The van der Waals surface area contributed by atoms with Gasteiger partial charge in [-0.1, -0.05) is 41.7 Å². The maximum atomic E-state index is 12.3. The number of fused-ring (bicyclic) bond motifs is 1. The predicted octanol–water partition coefficient (Wildman–Crippen LogP) is 2.72. The molecular weight excluding hydrogens is 338 g/mol. The molecule has 6 nitrogen and oxygen atoms in total. The Morgan fingerprint density at radius 2 is 1.96 bits per heavy atom. The van der Waals surface area contributed by atoms with Crippen molar-refractivity contribution in [2.75, 3.05) is 11.9 Å². The third-order valence-corrected chi connectivity index (χ3v) is 4.51. The molecule has 128 valence electrons. The molecule has 2 amide bonds. The number of aromatic nitrogens is 1. The second-order valence-corrected chi connectivity index (χ2v) is 6.55. The Bertz CT molecular complexity index is 908. The molecule has 7 heteroatoms. The fourth-order valence-corrected chi connectivity index (χ4v) is 3.31. The molecule has 0 aliphatic heterocycles. The van der Waals surface area contributed by atoms with Gasteiger partial charge in [-0.2, -0.15) is 0 Å². The average Bonchev–Trinajstić information content (AvgIpc) is 3.00. The van der Waals surface area contributed by atoms with Crippen LogP contribution in [-0.4, -0.2) is 28.4 Å². The van der Waals surface area contributed by atoms with Crippen molar-refractivity contribution >= 4 is 38.5 Å². The zero-order chi connectivity index (χ0) is 17.8. The number of carbonyl (C=O) groups is 2. The van der Waals surface area contributed by atoms with Crippen LogP contribution in [-0.2, 0) is 4.79 Å². The summed E-state index contributed by atoms with van der Waals surface area (Å²) in [4.78, 5) is 27.7. The molecule has 0 aliphatic carbocycles. The summed E-state index contributed by atoms with van der Waals surface area (Å²) in [6.45, 7) is 1.55. The number of aliphatic hydroxyl groups is 1. The van der Waals surface area contributed by atoms with Gasteiger partial charge >= 0.3 is 0 Å². The smallest absolute Gasteiger partial charge is 0.251 e. The van der Waals surface area contributed by atoms with Gasteiger partial charge in [-0.25, -0.2) is 4.98 Å². The van der Waals surface area contributed by atoms with E-state index in [9.17, 15) is 14.7 Å². The number of benzene rings is 2. The molecule has 2 aromatic carbocycles. The maximum absolute atomic E-state index is 12.3. The van der Waals surface area contributed by atoms with E-state index in [0.29, 0.717) is 10.7 Å². The van der Waals surface area contributed by atoms with Crippen LogP contribution in [0.2, 0.25) is 0 Å². The molecule has 0 fully saturated rings. The number of nitrogens with one attached hydrogen (secondary N) is 2.